The zero-order valence-electron chi connectivity index (χ0n) is 24.8. The first-order valence-electron chi connectivity index (χ1n) is 15.3. The molecule has 36 heavy (non-hydrogen) atoms. The molecule has 0 aromatic heterocycles. The van der Waals surface area contributed by atoms with E-state index in [0.717, 1.165) is 25.2 Å². The molecule has 0 saturated heterocycles. The molecular formula is C31H61NO4. The summed E-state index contributed by atoms with van der Waals surface area (Å²) in [7, 11) is 5.86. The summed E-state index contributed by atoms with van der Waals surface area (Å²) < 4.78 is 5.95. The number of hydrogen-bond acceptors (Lipinski definition) is 4. The molecule has 2 atom stereocenters. The molecule has 0 heterocycles. The van der Waals surface area contributed by atoms with E-state index in [-0.39, 0.29) is 12.4 Å². The average Bonchev–Trinajstić information content (AvgIpc) is 2.76. The van der Waals surface area contributed by atoms with E-state index in [9.17, 15) is 14.7 Å². The van der Waals surface area contributed by atoms with Crippen molar-refractivity contribution in [2.24, 2.45) is 5.92 Å². The third-order valence-corrected chi connectivity index (χ3v) is 7.05. The molecule has 214 valence electrons. The number of ether oxygens (including phenoxy) is 1. The predicted molar refractivity (Wildman–Crippen MR) is 150 cm³/mol. The molecule has 5 heteroatoms. The lowest BCUT2D eigenvalue weighted by atomic mass is 9.98. The molecule has 0 bridgehead atoms. The summed E-state index contributed by atoms with van der Waals surface area (Å²) in [5, 5.41) is 10.9. The van der Waals surface area contributed by atoms with Crippen LogP contribution >= 0.6 is 0 Å². The molecule has 0 aliphatic heterocycles. The number of carboxylic acid groups (broad SMARTS) is 1. The Balaban J connectivity index is 3.45. The van der Waals surface area contributed by atoms with Crippen LogP contribution in [-0.2, 0) is 14.3 Å². The molecule has 0 aliphatic carbocycles. The summed E-state index contributed by atoms with van der Waals surface area (Å²) in [4.78, 5) is 23.0. The van der Waals surface area contributed by atoms with Crippen LogP contribution in [0.3, 0.4) is 0 Å². The molecule has 0 aliphatic rings. The number of carboxylic acids is 1. The largest absolute Gasteiger partial charge is 0.550 e. The third-order valence-electron chi connectivity index (χ3n) is 7.05. The molecule has 0 N–H and O–H groups in total. The summed E-state index contributed by atoms with van der Waals surface area (Å²) in [5.41, 5.74) is 0. The van der Waals surface area contributed by atoms with E-state index in [2.05, 4.69) is 13.8 Å². The summed E-state index contributed by atoms with van der Waals surface area (Å²) in [6.45, 7) is 5.17. The second kappa shape index (κ2) is 23.0. The van der Waals surface area contributed by atoms with Gasteiger partial charge in [-0.25, -0.2) is 0 Å². The summed E-state index contributed by atoms with van der Waals surface area (Å²) in [6, 6.07) is 0. The molecule has 0 saturated carbocycles. The maximum absolute atomic E-state index is 12.1. The van der Waals surface area contributed by atoms with Crippen molar-refractivity contribution in [1.82, 2.24) is 0 Å². The second-order valence-corrected chi connectivity index (χ2v) is 12.3. The fraction of sp³-hybridized carbons (Fsp3) is 0.935. The first-order valence-corrected chi connectivity index (χ1v) is 15.3. The highest BCUT2D eigenvalue weighted by Gasteiger charge is 2.22. The maximum Gasteiger partial charge on any atom is 0.306 e. The number of hydrogen-bond donors (Lipinski definition) is 0. The van der Waals surface area contributed by atoms with Gasteiger partial charge in [-0.2, -0.15) is 0 Å². The Kier molecular flexibility index (Phi) is 22.3. The van der Waals surface area contributed by atoms with E-state index < -0.39 is 12.1 Å². The van der Waals surface area contributed by atoms with Crippen LogP contribution in [0.5, 0.6) is 0 Å². The van der Waals surface area contributed by atoms with Crippen LogP contribution in [0.25, 0.3) is 0 Å². The van der Waals surface area contributed by atoms with Crippen molar-refractivity contribution in [1.29, 1.82) is 0 Å². The van der Waals surface area contributed by atoms with Crippen LogP contribution in [-0.4, -0.2) is 50.2 Å². The van der Waals surface area contributed by atoms with Crippen LogP contribution in [0.1, 0.15) is 149 Å². The van der Waals surface area contributed by atoms with E-state index in [1.807, 2.05) is 21.1 Å². The number of rotatable bonds is 26. The summed E-state index contributed by atoms with van der Waals surface area (Å²) >= 11 is 0. The summed E-state index contributed by atoms with van der Waals surface area (Å²) in [6.07, 6.45) is 24.6. The van der Waals surface area contributed by atoms with Crippen LogP contribution in [0, 0.1) is 5.92 Å². The van der Waals surface area contributed by atoms with E-state index >= 15 is 0 Å². The van der Waals surface area contributed by atoms with Gasteiger partial charge in [-0.05, 0) is 12.3 Å². The minimum atomic E-state index is -1.17. The molecule has 0 fully saturated rings. The molecular weight excluding hydrogens is 450 g/mol. The molecule has 0 amide bonds. The number of likely N-dealkylation sites (N-methyl/N-ethyl adjacent to an activating group) is 1. The number of esters is 1. The lowest BCUT2D eigenvalue weighted by Crippen LogP contribution is -2.45. The fourth-order valence-corrected chi connectivity index (χ4v) is 5.06. The molecule has 0 aromatic carbocycles. The van der Waals surface area contributed by atoms with Crippen LogP contribution in [0.15, 0.2) is 0 Å². The monoisotopic (exact) mass is 511 g/mol. The van der Waals surface area contributed by atoms with E-state index in [4.69, 9.17) is 4.74 Å². The number of quaternary nitrogens is 1. The van der Waals surface area contributed by atoms with E-state index in [1.165, 1.54) is 103 Å². The Hall–Kier alpha value is -1.10. The number of aliphatic carboxylic acids is 1. The lowest BCUT2D eigenvalue weighted by Gasteiger charge is -2.29. The number of carbonyl (C=O) groups excluding carboxylic acids is 2. The quantitative estimate of drug-likeness (QED) is 0.0699. The first-order chi connectivity index (χ1) is 17.1. The van der Waals surface area contributed by atoms with Crippen molar-refractivity contribution in [2.45, 2.75) is 155 Å². The average molecular weight is 512 g/mol. The minimum absolute atomic E-state index is 0.236. The zero-order valence-corrected chi connectivity index (χ0v) is 24.8. The number of unbranched alkanes of at least 4 members (excludes halogenated alkanes) is 15. The second-order valence-electron chi connectivity index (χ2n) is 12.3. The first kappa shape index (κ1) is 34.9. The fourth-order valence-electron chi connectivity index (χ4n) is 5.06. The van der Waals surface area contributed by atoms with Crippen LogP contribution < -0.4 is 5.11 Å². The topological polar surface area (TPSA) is 66.4 Å². The standard InChI is InChI=1S/C31H61NO4/c1-6-23-28(2)24-21-19-17-15-13-11-9-7-8-10-12-14-16-18-20-22-25-31(35)36-29(26-30(33)34)27-32(3,4)5/h28-29H,6-27H2,1-5H3. The van der Waals surface area contributed by atoms with Gasteiger partial charge in [0.1, 0.15) is 6.54 Å². The van der Waals surface area contributed by atoms with Crippen molar-refractivity contribution in [3.8, 4) is 0 Å². The number of nitrogens with zero attached hydrogens (tertiary/aromatic N) is 1. The Bertz CT molecular complexity index is 529. The highest BCUT2D eigenvalue weighted by Crippen LogP contribution is 2.17. The van der Waals surface area contributed by atoms with Gasteiger partial charge in [0, 0.05) is 18.8 Å². The highest BCUT2D eigenvalue weighted by atomic mass is 16.5. The molecule has 2 unspecified atom stereocenters. The van der Waals surface area contributed by atoms with Crippen molar-refractivity contribution < 1.29 is 23.9 Å². The van der Waals surface area contributed by atoms with Crippen LogP contribution in [0.2, 0.25) is 0 Å². The lowest BCUT2D eigenvalue weighted by molar-refractivity contribution is -0.873. The van der Waals surface area contributed by atoms with Gasteiger partial charge in [0.2, 0.25) is 0 Å². The van der Waals surface area contributed by atoms with Crippen molar-refractivity contribution >= 4 is 11.9 Å². The van der Waals surface area contributed by atoms with Gasteiger partial charge in [0.15, 0.2) is 6.10 Å². The third kappa shape index (κ3) is 26.0. The maximum atomic E-state index is 12.1. The van der Waals surface area contributed by atoms with Crippen LogP contribution in [0.4, 0.5) is 0 Å². The summed E-state index contributed by atoms with van der Waals surface area (Å²) in [5.74, 6) is -0.532. The Labute approximate surface area is 224 Å². The molecule has 5 nitrogen and oxygen atoms in total. The normalized spacial score (nSPS) is 13.5. The SMILES string of the molecule is CCCC(C)CCCCCCCCCCCCCCCCCCC(=O)OC(CC(=O)[O-])C[N+](C)(C)C. The van der Waals surface area contributed by atoms with Gasteiger partial charge in [-0.15, -0.1) is 0 Å². The van der Waals surface area contributed by atoms with Crippen molar-refractivity contribution in [3.05, 3.63) is 0 Å². The van der Waals surface area contributed by atoms with Gasteiger partial charge in [0.25, 0.3) is 0 Å². The van der Waals surface area contributed by atoms with Gasteiger partial charge in [-0.3, -0.25) is 4.79 Å². The van der Waals surface area contributed by atoms with E-state index in [1.54, 1.807) is 0 Å². The molecule has 0 radical (unpaired) electrons. The van der Waals surface area contributed by atoms with Gasteiger partial charge < -0.3 is 19.1 Å². The van der Waals surface area contributed by atoms with Gasteiger partial charge >= 0.3 is 5.97 Å². The molecule has 0 spiro atoms. The van der Waals surface area contributed by atoms with Crippen molar-refractivity contribution in [2.75, 3.05) is 27.7 Å². The minimum Gasteiger partial charge on any atom is -0.550 e. The van der Waals surface area contributed by atoms with E-state index in [0.29, 0.717) is 17.4 Å². The predicted octanol–water partition coefficient (Wildman–Crippen LogP) is 7.20. The Morgan fingerprint density at radius 3 is 1.50 bits per heavy atom. The smallest absolute Gasteiger partial charge is 0.306 e. The number of carbonyl (C=O) groups is 2. The Morgan fingerprint density at radius 2 is 1.11 bits per heavy atom. The zero-order chi connectivity index (χ0) is 27.1. The van der Waals surface area contributed by atoms with Gasteiger partial charge in [-0.1, -0.05) is 129 Å². The highest BCUT2D eigenvalue weighted by molar-refractivity contribution is 5.70. The Morgan fingerprint density at radius 1 is 0.694 bits per heavy atom. The van der Waals surface area contributed by atoms with Crippen molar-refractivity contribution in [3.63, 3.8) is 0 Å². The molecule has 0 aromatic rings. The van der Waals surface area contributed by atoms with Gasteiger partial charge in [0.05, 0.1) is 21.1 Å². The molecule has 0 rings (SSSR count).